The van der Waals surface area contributed by atoms with Crippen molar-refractivity contribution in [3.63, 3.8) is 0 Å². The van der Waals surface area contributed by atoms with E-state index in [-0.39, 0.29) is 11.8 Å². The fraction of sp³-hybridized carbons (Fsp3) is 0.130. The van der Waals surface area contributed by atoms with Gasteiger partial charge in [0.2, 0.25) is 5.91 Å². The molecule has 3 aromatic carbocycles. The van der Waals surface area contributed by atoms with E-state index in [1.807, 2.05) is 55.5 Å². The molecule has 0 heterocycles. The van der Waals surface area contributed by atoms with Gasteiger partial charge in [-0.1, -0.05) is 48.0 Å². The van der Waals surface area contributed by atoms with Gasteiger partial charge < -0.3 is 10.6 Å². The summed E-state index contributed by atoms with van der Waals surface area (Å²) in [5.41, 5.74) is 4.19. The van der Waals surface area contributed by atoms with Crippen molar-refractivity contribution in [2.45, 2.75) is 19.8 Å². The van der Waals surface area contributed by atoms with Crippen LogP contribution in [0.25, 0.3) is 0 Å². The number of rotatable bonds is 6. The summed E-state index contributed by atoms with van der Waals surface area (Å²) in [5.74, 6) is -0.186. The van der Waals surface area contributed by atoms with Crippen molar-refractivity contribution in [2.24, 2.45) is 0 Å². The Morgan fingerprint density at radius 1 is 0.778 bits per heavy atom. The summed E-state index contributed by atoms with van der Waals surface area (Å²) in [6.07, 6.45) is 1.13. The number of carbonyl (C=O) groups excluding carboxylic acids is 2. The Hall–Kier alpha value is -3.40. The number of nitrogens with one attached hydrogen (secondary N) is 2. The lowest BCUT2D eigenvalue weighted by Crippen LogP contribution is -2.13. The lowest BCUT2D eigenvalue weighted by atomic mass is 10.1. The Bertz CT molecular complexity index is 919. The van der Waals surface area contributed by atoms with Gasteiger partial charge in [0.25, 0.3) is 5.91 Å². The number of aryl methyl sites for hydroxylation is 2. The zero-order valence-corrected chi connectivity index (χ0v) is 15.2. The molecule has 0 aliphatic heterocycles. The third-order valence-corrected chi connectivity index (χ3v) is 4.19. The molecule has 4 nitrogen and oxygen atoms in total. The van der Waals surface area contributed by atoms with Gasteiger partial charge in [-0.25, -0.2) is 0 Å². The maximum Gasteiger partial charge on any atom is 0.255 e. The zero-order chi connectivity index (χ0) is 19.1. The number of carbonyl (C=O) groups is 2. The quantitative estimate of drug-likeness (QED) is 0.664. The van der Waals surface area contributed by atoms with E-state index < -0.39 is 0 Å². The normalized spacial score (nSPS) is 10.3. The topological polar surface area (TPSA) is 58.2 Å². The molecule has 0 spiro atoms. The molecule has 0 unspecified atom stereocenters. The molecule has 0 saturated heterocycles. The van der Waals surface area contributed by atoms with Gasteiger partial charge in [-0.15, -0.1) is 0 Å². The highest BCUT2D eigenvalue weighted by Crippen LogP contribution is 2.16. The van der Waals surface area contributed by atoms with Crippen molar-refractivity contribution < 1.29 is 9.59 Å². The molecule has 0 saturated carbocycles. The van der Waals surface area contributed by atoms with Crippen LogP contribution in [0.15, 0.2) is 78.9 Å². The summed E-state index contributed by atoms with van der Waals surface area (Å²) >= 11 is 0. The van der Waals surface area contributed by atoms with Crippen molar-refractivity contribution in [2.75, 3.05) is 10.6 Å². The molecular formula is C23H22N2O2. The molecule has 0 fully saturated rings. The number of hydrogen-bond acceptors (Lipinski definition) is 2. The Morgan fingerprint density at radius 2 is 1.44 bits per heavy atom. The minimum atomic E-state index is -0.154. The molecular weight excluding hydrogens is 336 g/mol. The molecule has 0 aliphatic rings. The van der Waals surface area contributed by atoms with Crippen LogP contribution in [-0.2, 0) is 11.2 Å². The molecule has 2 N–H and O–H groups in total. The molecule has 0 radical (unpaired) electrons. The second kappa shape index (κ2) is 8.81. The van der Waals surface area contributed by atoms with Crippen LogP contribution in [0.4, 0.5) is 11.4 Å². The fourth-order valence-electron chi connectivity index (χ4n) is 2.75. The molecule has 136 valence electrons. The third-order valence-electron chi connectivity index (χ3n) is 4.19. The van der Waals surface area contributed by atoms with Crippen LogP contribution < -0.4 is 10.6 Å². The van der Waals surface area contributed by atoms with Crippen LogP contribution in [0.2, 0.25) is 0 Å². The first kappa shape index (κ1) is 18.4. The van der Waals surface area contributed by atoms with Crippen molar-refractivity contribution in [1.82, 2.24) is 0 Å². The number of benzene rings is 3. The van der Waals surface area contributed by atoms with E-state index in [2.05, 4.69) is 10.6 Å². The molecule has 0 aliphatic carbocycles. The van der Waals surface area contributed by atoms with E-state index in [1.54, 1.807) is 30.3 Å². The Balaban J connectivity index is 1.52. The maximum absolute atomic E-state index is 12.3. The average Bonchev–Trinajstić information content (AvgIpc) is 2.69. The number of anilines is 2. The van der Waals surface area contributed by atoms with E-state index >= 15 is 0 Å². The van der Waals surface area contributed by atoms with E-state index in [0.29, 0.717) is 29.8 Å². The van der Waals surface area contributed by atoms with Crippen LogP contribution in [0, 0.1) is 6.92 Å². The minimum Gasteiger partial charge on any atom is -0.326 e. The summed E-state index contributed by atoms with van der Waals surface area (Å²) in [7, 11) is 0. The van der Waals surface area contributed by atoms with Crippen molar-refractivity contribution in [3.8, 4) is 0 Å². The standard InChI is InChI=1S/C23H22N2O2/c1-17-6-5-9-19(16-17)23(27)25-21-13-11-20(12-14-21)24-22(26)15-10-18-7-3-2-4-8-18/h2-9,11-14,16H,10,15H2,1H3,(H,24,26)(H,25,27). The highest BCUT2D eigenvalue weighted by Gasteiger charge is 2.07. The van der Waals surface area contributed by atoms with Crippen molar-refractivity contribution in [1.29, 1.82) is 0 Å². The van der Waals surface area contributed by atoms with Gasteiger partial charge in [0.05, 0.1) is 0 Å². The summed E-state index contributed by atoms with van der Waals surface area (Å²) in [4.78, 5) is 24.4. The first-order valence-electron chi connectivity index (χ1n) is 8.92. The smallest absolute Gasteiger partial charge is 0.255 e. The van der Waals surface area contributed by atoms with Gasteiger partial charge >= 0.3 is 0 Å². The summed E-state index contributed by atoms with van der Waals surface area (Å²) < 4.78 is 0. The molecule has 0 atom stereocenters. The van der Waals surface area contributed by atoms with Crippen LogP contribution in [0.3, 0.4) is 0 Å². The SMILES string of the molecule is Cc1cccc(C(=O)Nc2ccc(NC(=O)CCc3ccccc3)cc2)c1. The largest absolute Gasteiger partial charge is 0.326 e. The Morgan fingerprint density at radius 3 is 2.11 bits per heavy atom. The van der Waals surface area contributed by atoms with E-state index in [0.717, 1.165) is 11.1 Å². The fourth-order valence-corrected chi connectivity index (χ4v) is 2.75. The molecule has 2 amide bonds. The van der Waals surface area contributed by atoms with Crippen LogP contribution in [0.1, 0.15) is 27.9 Å². The van der Waals surface area contributed by atoms with Crippen LogP contribution in [-0.4, -0.2) is 11.8 Å². The lowest BCUT2D eigenvalue weighted by molar-refractivity contribution is -0.116. The molecule has 3 rings (SSSR count). The van der Waals surface area contributed by atoms with E-state index in [1.165, 1.54) is 0 Å². The minimum absolute atomic E-state index is 0.0320. The lowest BCUT2D eigenvalue weighted by Gasteiger charge is -2.08. The van der Waals surface area contributed by atoms with Crippen molar-refractivity contribution >= 4 is 23.2 Å². The first-order valence-corrected chi connectivity index (χ1v) is 8.92. The first-order chi connectivity index (χ1) is 13.1. The third kappa shape index (κ3) is 5.54. The zero-order valence-electron chi connectivity index (χ0n) is 15.2. The van der Waals surface area contributed by atoms with Gasteiger partial charge in [-0.05, 0) is 55.3 Å². The molecule has 4 heteroatoms. The monoisotopic (exact) mass is 358 g/mol. The molecule has 27 heavy (non-hydrogen) atoms. The number of amides is 2. The van der Waals surface area contributed by atoms with Crippen LogP contribution >= 0.6 is 0 Å². The second-order valence-corrected chi connectivity index (χ2v) is 6.43. The molecule has 0 aromatic heterocycles. The van der Waals surface area contributed by atoms with E-state index in [9.17, 15) is 9.59 Å². The van der Waals surface area contributed by atoms with Gasteiger partial charge in [0, 0.05) is 23.4 Å². The predicted octanol–water partition coefficient (Wildman–Crippen LogP) is 4.82. The Labute approximate surface area is 159 Å². The highest BCUT2D eigenvalue weighted by molar-refractivity contribution is 6.04. The molecule has 3 aromatic rings. The van der Waals surface area contributed by atoms with E-state index in [4.69, 9.17) is 0 Å². The van der Waals surface area contributed by atoms with Gasteiger partial charge in [-0.2, -0.15) is 0 Å². The van der Waals surface area contributed by atoms with Gasteiger partial charge in [0.15, 0.2) is 0 Å². The van der Waals surface area contributed by atoms with Gasteiger partial charge in [-0.3, -0.25) is 9.59 Å². The summed E-state index contributed by atoms with van der Waals surface area (Å²) in [6.45, 7) is 1.95. The number of hydrogen-bond donors (Lipinski definition) is 2. The summed E-state index contributed by atoms with van der Waals surface area (Å²) in [5, 5.41) is 5.74. The maximum atomic E-state index is 12.3. The Kier molecular flexibility index (Phi) is 6.00. The average molecular weight is 358 g/mol. The van der Waals surface area contributed by atoms with Crippen molar-refractivity contribution in [3.05, 3.63) is 95.6 Å². The molecule has 0 bridgehead atoms. The predicted molar refractivity (Wildman–Crippen MR) is 109 cm³/mol. The van der Waals surface area contributed by atoms with Gasteiger partial charge in [0.1, 0.15) is 0 Å². The highest BCUT2D eigenvalue weighted by atomic mass is 16.2. The van der Waals surface area contributed by atoms with Crippen LogP contribution in [0.5, 0.6) is 0 Å². The summed E-state index contributed by atoms with van der Waals surface area (Å²) in [6, 6.07) is 24.5. The second-order valence-electron chi connectivity index (χ2n) is 6.43.